The first-order valence-corrected chi connectivity index (χ1v) is 26.0. The van der Waals surface area contributed by atoms with Gasteiger partial charge in [-0.3, -0.25) is 0 Å². The van der Waals surface area contributed by atoms with E-state index >= 15 is 0 Å². The molecule has 0 fully saturated rings. The minimum absolute atomic E-state index is 1.15. The summed E-state index contributed by atoms with van der Waals surface area (Å²) < 4.78 is 7.57. The number of para-hydroxylation sites is 4. The van der Waals surface area contributed by atoms with Crippen molar-refractivity contribution in [3.05, 3.63) is 224 Å². The standard InChI is InChI=1S/C66H37N3S2/c1-2-15-41(16-3-1)67-55-37-56-61(36-49(55)66-47-20-12-19-43-42-17-10-13-38-14-11-18-44(62(38)42)48(65(43)47)35-57(66)67)71-60-26-9-6-23-54(60)69(56)51-34-30-40-27-31-45-50(33-29-39-28-32-46(51)64(40)63(39)45)68-52-21-4-7-24-58(52)70-59-25-8-5-22-53(59)68/h1-37H. The van der Waals surface area contributed by atoms with E-state index in [-0.39, 0.29) is 0 Å². The summed E-state index contributed by atoms with van der Waals surface area (Å²) >= 11 is 3.74. The van der Waals surface area contributed by atoms with Crippen LogP contribution in [0, 0.1) is 0 Å². The average molecular weight is 936 g/mol. The number of anilines is 3. The van der Waals surface area contributed by atoms with E-state index in [1.165, 1.54) is 150 Å². The van der Waals surface area contributed by atoms with Gasteiger partial charge in [0.05, 0.1) is 54.2 Å². The van der Waals surface area contributed by atoms with Crippen molar-refractivity contribution in [1.29, 1.82) is 0 Å². The van der Waals surface area contributed by atoms with Crippen LogP contribution in [-0.2, 0) is 0 Å². The van der Waals surface area contributed by atoms with Crippen LogP contribution < -0.4 is 4.90 Å². The quantitative estimate of drug-likeness (QED) is 0.129. The molecule has 2 aromatic heterocycles. The Balaban J connectivity index is 0.987. The van der Waals surface area contributed by atoms with Gasteiger partial charge in [-0.2, -0.15) is 0 Å². The van der Waals surface area contributed by atoms with Crippen LogP contribution in [0.25, 0.3) is 129 Å². The summed E-state index contributed by atoms with van der Waals surface area (Å²) in [4.78, 5) is 5.01. The van der Waals surface area contributed by atoms with Gasteiger partial charge in [0, 0.05) is 37.0 Å². The Morgan fingerprint density at radius 2 is 0.859 bits per heavy atom. The number of hydrogen-bond donors (Lipinski definition) is 0. The molecule has 0 N–H and O–H groups in total. The highest BCUT2D eigenvalue weighted by Gasteiger charge is 2.28. The summed E-state index contributed by atoms with van der Waals surface area (Å²) in [6.45, 7) is 0. The molecule has 17 rings (SSSR count). The fourth-order valence-corrected chi connectivity index (χ4v) is 14.8. The fourth-order valence-electron chi connectivity index (χ4n) is 12.7. The van der Waals surface area contributed by atoms with Crippen molar-refractivity contribution in [3.63, 3.8) is 0 Å². The predicted molar refractivity (Wildman–Crippen MR) is 306 cm³/mol. The number of fused-ring (bicyclic) bond motifs is 10. The summed E-state index contributed by atoms with van der Waals surface area (Å²) in [6.07, 6.45) is 0. The molecule has 5 heteroatoms. The van der Waals surface area contributed by atoms with Gasteiger partial charge in [0.1, 0.15) is 0 Å². The van der Waals surface area contributed by atoms with Crippen LogP contribution in [0.2, 0.25) is 0 Å². The molecule has 0 aliphatic carbocycles. The van der Waals surface area contributed by atoms with Gasteiger partial charge in [-0.25, -0.2) is 0 Å². The van der Waals surface area contributed by atoms with Crippen LogP contribution in [0.5, 0.6) is 0 Å². The fraction of sp³-hybridized carbons (Fsp3) is 0. The second-order valence-electron chi connectivity index (χ2n) is 19.1. The lowest BCUT2D eigenvalue weighted by atomic mass is 9.88. The van der Waals surface area contributed by atoms with Gasteiger partial charge in [0.25, 0.3) is 0 Å². The summed E-state index contributed by atoms with van der Waals surface area (Å²) in [5.74, 6) is 0. The highest BCUT2D eigenvalue weighted by molar-refractivity contribution is 7.99. The van der Waals surface area contributed by atoms with Gasteiger partial charge in [-0.05, 0) is 143 Å². The highest BCUT2D eigenvalue weighted by Crippen LogP contribution is 2.54. The van der Waals surface area contributed by atoms with Crippen molar-refractivity contribution in [3.8, 4) is 11.4 Å². The zero-order chi connectivity index (χ0) is 46.1. The van der Waals surface area contributed by atoms with Crippen LogP contribution in [0.15, 0.2) is 234 Å². The Hall–Kier alpha value is -8.61. The zero-order valence-corrected chi connectivity index (χ0v) is 39.7. The Bertz CT molecular complexity index is 4930. The third-order valence-corrected chi connectivity index (χ3v) is 17.8. The molecule has 0 bridgehead atoms. The van der Waals surface area contributed by atoms with Crippen molar-refractivity contribution in [2.75, 3.05) is 4.90 Å². The maximum atomic E-state index is 2.56. The van der Waals surface area contributed by atoms with Crippen molar-refractivity contribution in [1.82, 2.24) is 9.13 Å². The lowest BCUT2D eigenvalue weighted by Gasteiger charge is -2.34. The van der Waals surface area contributed by atoms with Gasteiger partial charge >= 0.3 is 0 Å². The number of rotatable bonds is 3. The van der Waals surface area contributed by atoms with Crippen molar-refractivity contribution in [2.45, 2.75) is 9.79 Å². The van der Waals surface area contributed by atoms with E-state index in [1.54, 1.807) is 0 Å². The van der Waals surface area contributed by atoms with Gasteiger partial charge in [0.15, 0.2) is 0 Å². The van der Waals surface area contributed by atoms with E-state index < -0.39 is 0 Å². The van der Waals surface area contributed by atoms with E-state index in [2.05, 4.69) is 238 Å². The summed E-state index contributed by atoms with van der Waals surface area (Å²) in [5, 5.41) is 20.6. The Kier molecular flexibility index (Phi) is 7.55. The molecule has 0 unspecified atom stereocenters. The molecule has 16 aromatic rings. The molecule has 0 saturated carbocycles. The molecule has 0 atom stereocenters. The van der Waals surface area contributed by atoms with Crippen molar-refractivity contribution < 1.29 is 0 Å². The maximum Gasteiger partial charge on any atom is 0.0656 e. The molecular formula is C66H37N3S2. The molecule has 0 spiro atoms. The molecule has 1 aliphatic rings. The van der Waals surface area contributed by atoms with Crippen LogP contribution in [-0.4, -0.2) is 9.13 Å². The number of aromatic nitrogens is 2. The number of hydrogen-bond acceptors (Lipinski definition) is 3. The molecule has 1 aliphatic heterocycles. The normalized spacial score (nSPS) is 13.0. The summed E-state index contributed by atoms with van der Waals surface area (Å²) in [6, 6.07) is 84.4. The highest BCUT2D eigenvalue weighted by atomic mass is 32.2. The third-order valence-electron chi connectivity index (χ3n) is 15.6. The molecule has 0 saturated heterocycles. The van der Waals surface area contributed by atoms with Crippen molar-refractivity contribution in [2.24, 2.45) is 0 Å². The first-order valence-electron chi connectivity index (χ1n) is 24.3. The molecular weight excluding hydrogens is 899 g/mol. The maximum absolute atomic E-state index is 2.56. The molecule has 0 amide bonds. The third kappa shape index (κ3) is 5.08. The predicted octanol–water partition coefficient (Wildman–Crippen LogP) is 19.4. The first kappa shape index (κ1) is 38.3. The summed E-state index contributed by atoms with van der Waals surface area (Å²) in [5.41, 5.74) is 10.7. The molecule has 3 heterocycles. The van der Waals surface area contributed by atoms with E-state index in [4.69, 9.17) is 0 Å². The van der Waals surface area contributed by atoms with Crippen LogP contribution in [0.4, 0.5) is 17.1 Å². The van der Waals surface area contributed by atoms with Gasteiger partial charge < -0.3 is 14.0 Å². The second kappa shape index (κ2) is 14.0. The zero-order valence-electron chi connectivity index (χ0n) is 38.0. The van der Waals surface area contributed by atoms with E-state index in [0.717, 1.165) is 5.69 Å². The van der Waals surface area contributed by atoms with Crippen LogP contribution >= 0.6 is 23.1 Å². The second-order valence-corrected chi connectivity index (χ2v) is 21.3. The van der Waals surface area contributed by atoms with E-state index in [1.807, 2.05) is 23.1 Å². The van der Waals surface area contributed by atoms with Crippen molar-refractivity contribution >= 4 is 158 Å². The van der Waals surface area contributed by atoms with Gasteiger partial charge in [-0.15, -0.1) is 11.3 Å². The Morgan fingerprint density at radius 3 is 1.62 bits per heavy atom. The van der Waals surface area contributed by atoms with Crippen LogP contribution in [0.1, 0.15) is 0 Å². The first-order chi connectivity index (χ1) is 35.2. The lowest BCUT2D eigenvalue weighted by Crippen LogP contribution is -2.15. The Morgan fingerprint density at radius 1 is 0.268 bits per heavy atom. The largest absolute Gasteiger partial charge is 0.309 e. The smallest absolute Gasteiger partial charge is 0.0656 e. The SMILES string of the molecule is c1ccc(-n2c3cc4c(cc3c3c5cccc6c7cccc8cccc(c(cc32)c65)c87)sc2ccccc2n4-c2ccc3ccc4c(N5c6ccccc6Sc6ccccc65)ccc5ccc2c3c54)cc1. The molecule has 328 valence electrons. The molecule has 0 radical (unpaired) electrons. The minimum Gasteiger partial charge on any atom is -0.309 e. The molecule has 71 heavy (non-hydrogen) atoms. The average Bonchev–Trinajstić information content (AvgIpc) is 3.75. The van der Waals surface area contributed by atoms with Gasteiger partial charge in [-0.1, -0.05) is 157 Å². The topological polar surface area (TPSA) is 13.1 Å². The molecule has 14 aromatic carbocycles. The van der Waals surface area contributed by atoms with E-state index in [0.29, 0.717) is 0 Å². The Labute approximate surface area is 414 Å². The monoisotopic (exact) mass is 935 g/mol. The number of benzene rings is 14. The number of nitrogens with zero attached hydrogens (tertiary/aromatic N) is 3. The van der Waals surface area contributed by atoms with Crippen LogP contribution in [0.3, 0.4) is 0 Å². The van der Waals surface area contributed by atoms with E-state index in [9.17, 15) is 0 Å². The molecule has 3 nitrogen and oxygen atoms in total. The minimum atomic E-state index is 1.15. The summed E-state index contributed by atoms with van der Waals surface area (Å²) in [7, 11) is 0. The lowest BCUT2D eigenvalue weighted by molar-refractivity contribution is 1.17. The van der Waals surface area contributed by atoms with Gasteiger partial charge in [0.2, 0.25) is 0 Å².